The number of hydrogen-bond donors (Lipinski definition) is 1. The van der Waals surface area contributed by atoms with Crippen molar-refractivity contribution < 1.29 is 4.79 Å². The van der Waals surface area contributed by atoms with Crippen LogP contribution in [0.15, 0.2) is 36.4 Å². The fourth-order valence-corrected chi connectivity index (χ4v) is 3.94. The van der Waals surface area contributed by atoms with E-state index in [1.807, 2.05) is 54.9 Å². The molecule has 0 saturated heterocycles. The zero-order valence-corrected chi connectivity index (χ0v) is 15.9. The van der Waals surface area contributed by atoms with Gasteiger partial charge in [-0.2, -0.15) is 5.10 Å². The van der Waals surface area contributed by atoms with Gasteiger partial charge in [0.1, 0.15) is 0 Å². The second kappa shape index (κ2) is 7.23. The van der Waals surface area contributed by atoms with Crippen LogP contribution < -0.4 is 5.32 Å². The van der Waals surface area contributed by atoms with E-state index < -0.39 is 0 Å². The lowest BCUT2D eigenvalue weighted by atomic mass is 10.1. The maximum Gasteiger partial charge on any atom is 0.265 e. The average Bonchev–Trinajstić information content (AvgIpc) is 3.11. The second-order valence-corrected chi connectivity index (χ2v) is 7.45. The van der Waals surface area contributed by atoms with Gasteiger partial charge in [-0.1, -0.05) is 31.5 Å². The number of anilines is 1. The largest absolute Gasteiger partial charge is 0.318 e. The summed E-state index contributed by atoms with van der Waals surface area (Å²) in [6.07, 6.45) is 2.10. The lowest BCUT2D eigenvalue weighted by Crippen LogP contribution is -2.11. The summed E-state index contributed by atoms with van der Waals surface area (Å²) in [5.41, 5.74) is 4.79. The summed E-state index contributed by atoms with van der Waals surface area (Å²) in [7, 11) is 0. The molecule has 2 aromatic heterocycles. The Morgan fingerprint density at radius 3 is 2.60 bits per heavy atom. The molecular formula is C20H23N3OS. The Balaban J connectivity index is 1.87. The van der Waals surface area contributed by atoms with Gasteiger partial charge in [-0.05, 0) is 51.0 Å². The van der Waals surface area contributed by atoms with E-state index in [0.29, 0.717) is 0 Å². The molecule has 1 N–H and O–H groups in total. The molecule has 0 spiro atoms. The molecule has 3 aromatic rings. The first kappa shape index (κ1) is 17.4. The molecule has 3 rings (SSSR count). The highest BCUT2D eigenvalue weighted by atomic mass is 32.1. The van der Waals surface area contributed by atoms with Gasteiger partial charge in [0.05, 0.1) is 27.6 Å². The first-order valence-corrected chi connectivity index (χ1v) is 9.35. The predicted octanol–water partition coefficient (Wildman–Crippen LogP) is 5.06. The summed E-state index contributed by atoms with van der Waals surface area (Å²) in [5.74, 6) is -0.0609. The van der Waals surface area contributed by atoms with Crippen LogP contribution in [0.5, 0.6) is 0 Å². The number of nitrogens with zero attached hydrogens (tertiary/aromatic N) is 2. The van der Waals surface area contributed by atoms with E-state index in [4.69, 9.17) is 0 Å². The third kappa shape index (κ3) is 3.51. The van der Waals surface area contributed by atoms with E-state index in [1.165, 1.54) is 10.4 Å². The highest BCUT2D eigenvalue weighted by molar-refractivity contribution is 7.14. The normalized spacial score (nSPS) is 10.9. The monoisotopic (exact) mass is 353 g/mol. The van der Waals surface area contributed by atoms with E-state index in [1.54, 1.807) is 11.3 Å². The second-order valence-electron chi connectivity index (χ2n) is 6.19. The summed E-state index contributed by atoms with van der Waals surface area (Å²) >= 11 is 1.56. The SMILES string of the molecule is CCCc1cc(C(=O)Nc2c(C)nn(-c3ccccc3)c2C)sc1C. The first-order valence-electron chi connectivity index (χ1n) is 8.53. The van der Waals surface area contributed by atoms with Crippen LogP contribution in [0.4, 0.5) is 5.69 Å². The number of rotatable bonds is 5. The Kier molecular flexibility index (Phi) is 5.04. The van der Waals surface area contributed by atoms with E-state index >= 15 is 0 Å². The molecule has 4 nitrogen and oxygen atoms in total. The Morgan fingerprint density at radius 2 is 1.92 bits per heavy atom. The van der Waals surface area contributed by atoms with Crippen molar-refractivity contribution in [1.29, 1.82) is 0 Å². The Hall–Kier alpha value is -2.40. The third-order valence-electron chi connectivity index (χ3n) is 4.29. The van der Waals surface area contributed by atoms with Crippen molar-refractivity contribution in [2.45, 2.75) is 40.5 Å². The summed E-state index contributed by atoms with van der Waals surface area (Å²) in [6, 6.07) is 12.0. The van der Waals surface area contributed by atoms with Crippen LogP contribution >= 0.6 is 11.3 Å². The summed E-state index contributed by atoms with van der Waals surface area (Å²) in [6.45, 7) is 8.13. The topological polar surface area (TPSA) is 46.9 Å². The quantitative estimate of drug-likeness (QED) is 0.696. The molecule has 5 heteroatoms. The van der Waals surface area contributed by atoms with Crippen LogP contribution in [0.2, 0.25) is 0 Å². The number of para-hydroxylation sites is 1. The summed E-state index contributed by atoms with van der Waals surface area (Å²) < 4.78 is 1.87. The average molecular weight is 353 g/mol. The van der Waals surface area contributed by atoms with Crippen LogP contribution in [0.3, 0.4) is 0 Å². The number of aryl methyl sites for hydroxylation is 3. The highest BCUT2D eigenvalue weighted by Crippen LogP contribution is 2.27. The summed E-state index contributed by atoms with van der Waals surface area (Å²) in [5, 5.41) is 7.64. The van der Waals surface area contributed by atoms with Gasteiger partial charge in [0.2, 0.25) is 0 Å². The molecule has 0 fully saturated rings. The van der Waals surface area contributed by atoms with Crippen LogP contribution in [0.1, 0.15) is 44.8 Å². The van der Waals surface area contributed by atoms with Crippen LogP contribution in [-0.4, -0.2) is 15.7 Å². The predicted molar refractivity (Wildman–Crippen MR) is 104 cm³/mol. The van der Waals surface area contributed by atoms with Gasteiger partial charge in [-0.3, -0.25) is 4.79 Å². The number of hydrogen-bond acceptors (Lipinski definition) is 3. The maximum atomic E-state index is 12.7. The van der Waals surface area contributed by atoms with Crippen molar-refractivity contribution in [1.82, 2.24) is 9.78 Å². The molecule has 130 valence electrons. The lowest BCUT2D eigenvalue weighted by molar-refractivity contribution is 0.103. The lowest BCUT2D eigenvalue weighted by Gasteiger charge is -2.06. The fraction of sp³-hybridized carbons (Fsp3) is 0.300. The van der Waals surface area contributed by atoms with Gasteiger partial charge in [-0.15, -0.1) is 11.3 Å². The fourth-order valence-electron chi connectivity index (χ4n) is 2.97. The van der Waals surface area contributed by atoms with Crippen molar-refractivity contribution in [3.63, 3.8) is 0 Å². The van der Waals surface area contributed by atoms with Crippen LogP contribution in [0.25, 0.3) is 5.69 Å². The molecule has 1 aromatic carbocycles. The number of benzene rings is 1. The number of thiophene rings is 1. The van der Waals surface area contributed by atoms with Gasteiger partial charge < -0.3 is 5.32 Å². The van der Waals surface area contributed by atoms with Crippen LogP contribution in [0, 0.1) is 20.8 Å². The smallest absolute Gasteiger partial charge is 0.265 e. The van der Waals surface area contributed by atoms with E-state index in [0.717, 1.165) is 40.5 Å². The Bertz CT molecular complexity index is 893. The van der Waals surface area contributed by atoms with Crippen molar-refractivity contribution in [3.8, 4) is 5.69 Å². The minimum Gasteiger partial charge on any atom is -0.318 e. The van der Waals surface area contributed by atoms with Gasteiger partial charge in [-0.25, -0.2) is 4.68 Å². The van der Waals surface area contributed by atoms with Crippen molar-refractivity contribution in [3.05, 3.63) is 63.1 Å². The molecule has 0 bridgehead atoms. The molecule has 2 heterocycles. The molecule has 0 unspecified atom stereocenters. The van der Waals surface area contributed by atoms with Crippen LogP contribution in [-0.2, 0) is 6.42 Å². The molecule has 0 aliphatic rings. The number of amides is 1. The number of carbonyl (C=O) groups is 1. The van der Waals surface area contributed by atoms with Gasteiger partial charge in [0.15, 0.2) is 0 Å². The molecular weight excluding hydrogens is 330 g/mol. The minimum absolute atomic E-state index is 0.0609. The molecule has 0 radical (unpaired) electrons. The van der Waals surface area contributed by atoms with Gasteiger partial charge in [0.25, 0.3) is 5.91 Å². The number of nitrogens with one attached hydrogen (secondary N) is 1. The molecule has 0 aliphatic carbocycles. The zero-order valence-electron chi connectivity index (χ0n) is 15.1. The van der Waals surface area contributed by atoms with E-state index in [2.05, 4.69) is 24.3 Å². The Labute approximate surface area is 152 Å². The highest BCUT2D eigenvalue weighted by Gasteiger charge is 2.18. The van der Waals surface area contributed by atoms with Crippen molar-refractivity contribution in [2.24, 2.45) is 0 Å². The molecule has 25 heavy (non-hydrogen) atoms. The van der Waals surface area contributed by atoms with Gasteiger partial charge >= 0.3 is 0 Å². The van der Waals surface area contributed by atoms with E-state index in [9.17, 15) is 4.79 Å². The van der Waals surface area contributed by atoms with Crippen molar-refractivity contribution >= 4 is 22.9 Å². The van der Waals surface area contributed by atoms with Gasteiger partial charge in [0, 0.05) is 4.88 Å². The molecule has 0 aliphatic heterocycles. The van der Waals surface area contributed by atoms with Crippen molar-refractivity contribution in [2.75, 3.05) is 5.32 Å². The maximum absolute atomic E-state index is 12.7. The molecule has 0 saturated carbocycles. The zero-order chi connectivity index (χ0) is 18.0. The summed E-state index contributed by atoms with van der Waals surface area (Å²) in [4.78, 5) is 14.7. The standard InChI is InChI=1S/C20H23N3OS/c1-5-9-16-12-18(25-15(16)4)20(24)21-19-13(2)22-23(14(19)3)17-10-7-6-8-11-17/h6-8,10-12H,5,9H2,1-4H3,(H,21,24). The molecule has 1 amide bonds. The Morgan fingerprint density at radius 1 is 1.20 bits per heavy atom. The van der Waals surface area contributed by atoms with E-state index in [-0.39, 0.29) is 5.91 Å². The first-order chi connectivity index (χ1) is 12.0. The number of aromatic nitrogens is 2. The third-order valence-corrected chi connectivity index (χ3v) is 5.39. The number of carbonyl (C=O) groups excluding carboxylic acids is 1. The molecule has 0 atom stereocenters. The minimum atomic E-state index is -0.0609.